The van der Waals surface area contributed by atoms with Gasteiger partial charge in [0.05, 0.1) is 28.8 Å². The number of non-ortho nitro benzene ring substituents is 1. The maximum absolute atomic E-state index is 12.3. The second-order valence-electron chi connectivity index (χ2n) is 5.09. The van der Waals surface area contributed by atoms with Crippen molar-refractivity contribution < 1.29 is 19.2 Å². The van der Waals surface area contributed by atoms with Crippen LogP contribution in [-0.2, 0) is 0 Å². The molecule has 7 nitrogen and oxygen atoms in total. The van der Waals surface area contributed by atoms with Gasteiger partial charge in [-0.2, -0.15) is 0 Å². The largest absolute Gasteiger partial charge is 0.490 e. The number of nitro benzene ring substituents is 1. The highest BCUT2D eigenvalue weighted by Crippen LogP contribution is 2.37. The Balaban J connectivity index is 1.81. The van der Waals surface area contributed by atoms with Gasteiger partial charge >= 0.3 is 0 Å². The molecule has 24 heavy (non-hydrogen) atoms. The normalized spacial score (nSPS) is 13.0. The molecule has 2 aromatic rings. The summed E-state index contributed by atoms with van der Waals surface area (Å²) in [7, 11) is 0. The van der Waals surface area contributed by atoms with Crippen LogP contribution in [0.5, 0.6) is 11.5 Å². The van der Waals surface area contributed by atoms with E-state index < -0.39 is 10.8 Å². The summed E-state index contributed by atoms with van der Waals surface area (Å²) < 4.78 is 11.1. The molecule has 2 aromatic carbocycles. The van der Waals surface area contributed by atoms with Crippen LogP contribution in [0.2, 0.25) is 5.02 Å². The fourth-order valence-corrected chi connectivity index (χ4v) is 2.41. The Morgan fingerprint density at radius 1 is 1.12 bits per heavy atom. The number of halogens is 1. The topological polar surface area (TPSA) is 90.7 Å². The van der Waals surface area contributed by atoms with Gasteiger partial charge in [0, 0.05) is 36.2 Å². The van der Waals surface area contributed by atoms with Crippen LogP contribution < -0.4 is 14.8 Å². The van der Waals surface area contributed by atoms with Gasteiger partial charge in [0.1, 0.15) is 0 Å². The number of amides is 1. The zero-order chi connectivity index (χ0) is 17.1. The first-order chi connectivity index (χ1) is 11.5. The Hall–Kier alpha value is -2.80. The average molecular weight is 349 g/mol. The van der Waals surface area contributed by atoms with Gasteiger partial charge < -0.3 is 14.8 Å². The van der Waals surface area contributed by atoms with Crippen molar-refractivity contribution in [2.24, 2.45) is 0 Å². The summed E-state index contributed by atoms with van der Waals surface area (Å²) in [6.07, 6.45) is 0.761. The Labute approximate surface area is 142 Å². The lowest BCUT2D eigenvalue weighted by atomic mass is 10.2. The number of nitro groups is 1. The van der Waals surface area contributed by atoms with E-state index in [0.29, 0.717) is 35.4 Å². The van der Waals surface area contributed by atoms with Crippen molar-refractivity contribution in [1.82, 2.24) is 0 Å². The van der Waals surface area contributed by atoms with Crippen molar-refractivity contribution in [3.05, 3.63) is 57.1 Å². The van der Waals surface area contributed by atoms with Gasteiger partial charge in [0.15, 0.2) is 11.5 Å². The number of fused-ring (bicyclic) bond motifs is 1. The van der Waals surface area contributed by atoms with Crippen LogP contribution in [0.15, 0.2) is 36.4 Å². The number of benzene rings is 2. The quantitative estimate of drug-likeness (QED) is 0.675. The van der Waals surface area contributed by atoms with Gasteiger partial charge in [-0.25, -0.2) is 0 Å². The van der Waals surface area contributed by atoms with Crippen molar-refractivity contribution in [3.8, 4) is 11.5 Å². The Morgan fingerprint density at radius 2 is 1.75 bits per heavy atom. The van der Waals surface area contributed by atoms with Crippen LogP contribution in [-0.4, -0.2) is 24.0 Å². The lowest BCUT2D eigenvalue weighted by Gasteiger charge is -2.12. The average Bonchev–Trinajstić information content (AvgIpc) is 2.80. The molecule has 124 valence electrons. The molecule has 0 radical (unpaired) electrons. The third-order valence-corrected chi connectivity index (χ3v) is 3.74. The highest BCUT2D eigenvalue weighted by Gasteiger charge is 2.16. The van der Waals surface area contributed by atoms with E-state index in [-0.39, 0.29) is 11.3 Å². The highest BCUT2D eigenvalue weighted by atomic mass is 35.5. The molecule has 0 unspecified atom stereocenters. The maximum Gasteiger partial charge on any atom is 0.269 e. The number of rotatable bonds is 3. The van der Waals surface area contributed by atoms with Crippen molar-refractivity contribution in [2.45, 2.75) is 6.42 Å². The van der Waals surface area contributed by atoms with E-state index in [9.17, 15) is 14.9 Å². The second-order valence-corrected chi connectivity index (χ2v) is 5.49. The summed E-state index contributed by atoms with van der Waals surface area (Å²) in [5.41, 5.74) is 0.577. The first-order valence-corrected chi connectivity index (χ1v) is 7.57. The molecular weight excluding hydrogens is 336 g/mol. The van der Waals surface area contributed by atoms with Gasteiger partial charge in [-0.15, -0.1) is 0 Å². The van der Waals surface area contributed by atoms with Crippen LogP contribution >= 0.6 is 11.6 Å². The second kappa shape index (κ2) is 6.76. The number of carbonyl (C=O) groups is 1. The monoisotopic (exact) mass is 348 g/mol. The van der Waals surface area contributed by atoms with E-state index in [0.717, 1.165) is 6.42 Å². The summed E-state index contributed by atoms with van der Waals surface area (Å²) in [4.78, 5) is 22.4. The Morgan fingerprint density at radius 3 is 2.38 bits per heavy atom. The molecule has 1 amide bonds. The number of hydrogen-bond donors (Lipinski definition) is 1. The van der Waals surface area contributed by atoms with Crippen LogP contribution in [0.3, 0.4) is 0 Å². The fraction of sp³-hybridized carbons (Fsp3) is 0.188. The van der Waals surface area contributed by atoms with Crippen molar-refractivity contribution in [1.29, 1.82) is 0 Å². The fourth-order valence-electron chi connectivity index (χ4n) is 2.21. The number of anilines is 1. The lowest BCUT2D eigenvalue weighted by molar-refractivity contribution is -0.384. The molecule has 0 saturated heterocycles. The summed E-state index contributed by atoms with van der Waals surface area (Å²) in [6.45, 7) is 1.06. The molecule has 0 spiro atoms. The van der Waals surface area contributed by atoms with E-state index in [4.69, 9.17) is 21.1 Å². The van der Waals surface area contributed by atoms with Crippen molar-refractivity contribution >= 4 is 28.9 Å². The van der Waals surface area contributed by atoms with Crippen LogP contribution in [0.25, 0.3) is 0 Å². The third kappa shape index (κ3) is 3.41. The Bertz CT molecular complexity index is 792. The highest BCUT2D eigenvalue weighted by molar-refractivity contribution is 6.34. The predicted molar refractivity (Wildman–Crippen MR) is 88.1 cm³/mol. The summed E-state index contributed by atoms with van der Waals surface area (Å²) in [6, 6.07) is 8.49. The van der Waals surface area contributed by atoms with Crippen LogP contribution in [0.4, 0.5) is 11.4 Å². The number of carbonyl (C=O) groups excluding carboxylic acids is 1. The number of ether oxygens (including phenoxy) is 2. The minimum absolute atomic E-state index is 0.0832. The molecule has 0 aromatic heterocycles. The van der Waals surface area contributed by atoms with Crippen LogP contribution in [0.1, 0.15) is 16.8 Å². The molecule has 0 aliphatic carbocycles. The van der Waals surface area contributed by atoms with Gasteiger partial charge in [0.25, 0.3) is 11.6 Å². The first kappa shape index (κ1) is 16.1. The van der Waals surface area contributed by atoms with E-state index in [1.54, 1.807) is 12.1 Å². The first-order valence-electron chi connectivity index (χ1n) is 7.19. The van der Waals surface area contributed by atoms with Crippen molar-refractivity contribution in [3.63, 3.8) is 0 Å². The minimum Gasteiger partial charge on any atom is -0.490 e. The SMILES string of the molecule is O=C(Nc1cc2c(cc1Cl)OCCCO2)c1ccc([N+](=O)[O-])cc1. The smallest absolute Gasteiger partial charge is 0.269 e. The van der Waals surface area contributed by atoms with Crippen LogP contribution in [0, 0.1) is 10.1 Å². The molecule has 1 N–H and O–H groups in total. The standard InChI is InChI=1S/C16H13ClN2O5/c17-12-8-14-15(24-7-1-6-23-14)9-13(12)18-16(20)10-2-4-11(5-3-10)19(21)22/h2-5,8-9H,1,6-7H2,(H,18,20). The third-order valence-electron chi connectivity index (χ3n) is 3.43. The van der Waals surface area contributed by atoms with Gasteiger partial charge in [-0.05, 0) is 12.1 Å². The zero-order valence-corrected chi connectivity index (χ0v) is 13.2. The molecule has 8 heteroatoms. The maximum atomic E-state index is 12.3. The summed E-state index contributed by atoms with van der Waals surface area (Å²) >= 11 is 6.17. The minimum atomic E-state index is -0.525. The molecule has 0 saturated carbocycles. The molecule has 1 heterocycles. The van der Waals surface area contributed by atoms with Crippen molar-refractivity contribution in [2.75, 3.05) is 18.5 Å². The Kier molecular flexibility index (Phi) is 4.52. The molecule has 0 bridgehead atoms. The molecule has 3 rings (SSSR count). The number of hydrogen-bond acceptors (Lipinski definition) is 5. The lowest BCUT2D eigenvalue weighted by Crippen LogP contribution is -2.12. The molecule has 1 aliphatic rings. The predicted octanol–water partition coefficient (Wildman–Crippen LogP) is 3.66. The number of nitrogens with one attached hydrogen (secondary N) is 1. The van der Waals surface area contributed by atoms with Gasteiger partial charge in [0.2, 0.25) is 0 Å². The van der Waals surface area contributed by atoms with E-state index in [2.05, 4.69) is 5.32 Å². The molecular formula is C16H13ClN2O5. The molecule has 0 fully saturated rings. The molecule has 1 aliphatic heterocycles. The van der Waals surface area contributed by atoms with Gasteiger partial charge in [-0.3, -0.25) is 14.9 Å². The van der Waals surface area contributed by atoms with E-state index in [1.165, 1.54) is 24.3 Å². The van der Waals surface area contributed by atoms with E-state index in [1.807, 2.05) is 0 Å². The molecule has 0 atom stereocenters. The number of nitrogens with zero attached hydrogens (tertiary/aromatic N) is 1. The summed E-state index contributed by atoms with van der Waals surface area (Å²) in [5, 5.41) is 13.6. The summed E-state index contributed by atoms with van der Waals surface area (Å²) in [5.74, 6) is 0.614. The van der Waals surface area contributed by atoms with Gasteiger partial charge in [-0.1, -0.05) is 11.6 Å². The zero-order valence-electron chi connectivity index (χ0n) is 12.5. The van der Waals surface area contributed by atoms with E-state index >= 15 is 0 Å².